The van der Waals surface area contributed by atoms with Crippen LogP contribution in [0.5, 0.6) is 0 Å². The fourth-order valence-corrected chi connectivity index (χ4v) is 4.50. The first-order valence-electron chi connectivity index (χ1n) is 9.99. The molecule has 0 saturated carbocycles. The minimum Gasteiger partial charge on any atom is -0.369 e. The molecule has 1 aliphatic rings. The molecule has 1 aliphatic heterocycles. The van der Waals surface area contributed by atoms with Gasteiger partial charge in [0.05, 0.1) is 5.01 Å². The Morgan fingerprint density at radius 2 is 1.61 bits per heavy atom. The van der Waals surface area contributed by atoms with Crippen LogP contribution < -0.4 is 10.2 Å². The Bertz CT molecular complexity index is 869. The Morgan fingerprint density at radius 3 is 2.32 bits per heavy atom. The van der Waals surface area contributed by atoms with E-state index in [0.717, 1.165) is 50.8 Å². The van der Waals surface area contributed by atoms with Crippen LogP contribution in [0.2, 0.25) is 0 Å². The molecule has 2 aromatic carbocycles. The van der Waals surface area contributed by atoms with Crippen molar-refractivity contribution in [2.24, 2.45) is 0 Å². The Morgan fingerprint density at radius 1 is 0.893 bits per heavy atom. The highest BCUT2D eigenvalue weighted by Gasteiger charge is 2.18. The molecule has 1 N–H and O–H groups in total. The molecule has 2 heterocycles. The maximum absolute atomic E-state index is 4.33. The number of benzene rings is 2. The van der Waals surface area contributed by atoms with Crippen LogP contribution in [-0.2, 0) is 19.6 Å². The van der Waals surface area contributed by atoms with Crippen molar-refractivity contribution in [1.29, 1.82) is 0 Å². The Balaban J connectivity index is 1.30. The third kappa shape index (κ3) is 4.98. The molecule has 0 spiro atoms. The van der Waals surface area contributed by atoms with Crippen LogP contribution >= 0.6 is 11.3 Å². The second-order valence-electron chi connectivity index (χ2n) is 7.32. The Hall–Kier alpha value is -2.21. The van der Waals surface area contributed by atoms with Crippen LogP contribution in [0, 0.1) is 6.92 Å². The minimum atomic E-state index is 0.885. The molecule has 0 bridgehead atoms. The van der Waals surface area contributed by atoms with Crippen LogP contribution in [0.4, 0.5) is 5.69 Å². The zero-order valence-corrected chi connectivity index (χ0v) is 17.3. The van der Waals surface area contributed by atoms with Crippen molar-refractivity contribution in [3.63, 3.8) is 0 Å². The molecule has 0 radical (unpaired) electrons. The van der Waals surface area contributed by atoms with E-state index in [9.17, 15) is 0 Å². The molecule has 0 aliphatic carbocycles. The van der Waals surface area contributed by atoms with Gasteiger partial charge in [0.25, 0.3) is 0 Å². The molecule has 0 amide bonds. The number of hydrogen-bond donors (Lipinski definition) is 1. The van der Waals surface area contributed by atoms with Gasteiger partial charge in [-0.15, -0.1) is 11.3 Å². The number of rotatable bonds is 7. The summed E-state index contributed by atoms with van der Waals surface area (Å²) in [6.07, 6.45) is 1.98. The number of nitrogens with zero attached hydrogens (tertiary/aromatic N) is 3. The van der Waals surface area contributed by atoms with E-state index in [1.165, 1.54) is 21.7 Å². The third-order valence-corrected chi connectivity index (χ3v) is 6.20. The normalized spacial score (nSPS) is 15.1. The number of thiazole rings is 1. The van der Waals surface area contributed by atoms with Crippen LogP contribution in [-0.4, -0.2) is 36.1 Å². The topological polar surface area (TPSA) is 31.4 Å². The van der Waals surface area contributed by atoms with Crippen molar-refractivity contribution in [1.82, 2.24) is 15.2 Å². The van der Waals surface area contributed by atoms with E-state index in [0.29, 0.717) is 0 Å². The number of aromatic nitrogens is 1. The predicted molar refractivity (Wildman–Crippen MR) is 118 cm³/mol. The van der Waals surface area contributed by atoms with Gasteiger partial charge >= 0.3 is 0 Å². The van der Waals surface area contributed by atoms with Crippen molar-refractivity contribution in [2.45, 2.75) is 26.6 Å². The van der Waals surface area contributed by atoms with Gasteiger partial charge in [-0.1, -0.05) is 42.5 Å². The summed E-state index contributed by atoms with van der Waals surface area (Å²) in [4.78, 5) is 10.7. The number of nitrogens with one attached hydrogen (secondary N) is 1. The van der Waals surface area contributed by atoms with Crippen LogP contribution in [0.1, 0.15) is 21.0 Å². The lowest BCUT2D eigenvalue weighted by Gasteiger charge is -2.36. The first kappa shape index (κ1) is 19.1. The van der Waals surface area contributed by atoms with Crippen LogP contribution in [0.3, 0.4) is 0 Å². The van der Waals surface area contributed by atoms with Gasteiger partial charge in [0, 0.05) is 62.6 Å². The van der Waals surface area contributed by atoms with Gasteiger partial charge in [-0.25, -0.2) is 4.98 Å². The molecule has 1 fully saturated rings. The van der Waals surface area contributed by atoms with E-state index < -0.39 is 0 Å². The molecule has 28 heavy (non-hydrogen) atoms. The lowest BCUT2D eigenvalue weighted by Crippen LogP contribution is -2.46. The molecule has 4 rings (SSSR count). The highest BCUT2D eigenvalue weighted by Crippen LogP contribution is 2.18. The fourth-order valence-electron chi connectivity index (χ4n) is 3.74. The van der Waals surface area contributed by atoms with E-state index in [1.54, 1.807) is 11.3 Å². The van der Waals surface area contributed by atoms with Gasteiger partial charge in [-0.2, -0.15) is 0 Å². The number of para-hydroxylation sites is 1. The third-order valence-electron chi connectivity index (χ3n) is 5.29. The number of aryl methyl sites for hydroxylation is 1. The number of piperazine rings is 1. The summed E-state index contributed by atoms with van der Waals surface area (Å²) in [7, 11) is 0. The van der Waals surface area contributed by atoms with Gasteiger partial charge in [-0.3, -0.25) is 4.90 Å². The van der Waals surface area contributed by atoms with Crippen molar-refractivity contribution in [3.05, 3.63) is 81.8 Å². The monoisotopic (exact) mass is 392 g/mol. The highest BCUT2D eigenvalue weighted by molar-refractivity contribution is 7.11. The van der Waals surface area contributed by atoms with Gasteiger partial charge in [0.2, 0.25) is 0 Å². The average molecular weight is 393 g/mol. The lowest BCUT2D eigenvalue weighted by molar-refractivity contribution is 0.249. The SMILES string of the molecule is Cc1ncc(CNCc2ccccc2CN2CCN(c3ccccc3)CC2)s1. The predicted octanol–water partition coefficient (Wildman–Crippen LogP) is 4.06. The highest BCUT2D eigenvalue weighted by atomic mass is 32.1. The molecule has 146 valence electrons. The largest absolute Gasteiger partial charge is 0.369 e. The lowest BCUT2D eigenvalue weighted by atomic mass is 10.1. The summed E-state index contributed by atoms with van der Waals surface area (Å²) in [6, 6.07) is 19.6. The second kappa shape index (κ2) is 9.32. The van der Waals surface area contributed by atoms with E-state index in [1.807, 2.05) is 6.20 Å². The molecule has 0 atom stereocenters. The maximum Gasteiger partial charge on any atom is 0.0897 e. The van der Waals surface area contributed by atoms with Gasteiger partial charge < -0.3 is 10.2 Å². The molecular weight excluding hydrogens is 364 g/mol. The maximum atomic E-state index is 4.33. The smallest absolute Gasteiger partial charge is 0.0897 e. The average Bonchev–Trinajstić information content (AvgIpc) is 3.15. The summed E-state index contributed by atoms with van der Waals surface area (Å²) in [5.74, 6) is 0. The second-order valence-corrected chi connectivity index (χ2v) is 8.64. The zero-order valence-electron chi connectivity index (χ0n) is 16.5. The van der Waals surface area contributed by atoms with Gasteiger partial charge in [0.1, 0.15) is 0 Å². The quantitative estimate of drug-likeness (QED) is 0.657. The van der Waals surface area contributed by atoms with Gasteiger partial charge in [0.15, 0.2) is 0 Å². The minimum absolute atomic E-state index is 0.885. The summed E-state index contributed by atoms with van der Waals surface area (Å²) < 4.78 is 0. The first-order chi connectivity index (χ1) is 13.8. The van der Waals surface area contributed by atoms with Gasteiger partial charge in [-0.05, 0) is 30.2 Å². The zero-order chi connectivity index (χ0) is 19.2. The number of anilines is 1. The molecule has 4 nitrogen and oxygen atoms in total. The molecular formula is C23H28N4S. The number of hydrogen-bond acceptors (Lipinski definition) is 5. The van der Waals surface area contributed by atoms with E-state index in [4.69, 9.17) is 0 Å². The van der Waals surface area contributed by atoms with E-state index in [2.05, 4.69) is 81.6 Å². The Kier molecular flexibility index (Phi) is 6.37. The van der Waals surface area contributed by atoms with Crippen LogP contribution in [0.25, 0.3) is 0 Å². The molecule has 1 aromatic heterocycles. The summed E-state index contributed by atoms with van der Waals surface area (Å²) in [6.45, 7) is 9.27. The summed E-state index contributed by atoms with van der Waals surface area (Å²) >= 11 is 1.77. The molecule has 5 heteroatoms. The standard InChI is InChI=1S/C23H28N4S/c1-19-25-17-23(28-19)16-24-15-20-7-5-6-8-21(20)18-26-11-13-27(14-12-26)22-9-3-2-4-10-22/h2-10,17,24H,11-16,18H2,1H3. The fraction of sp³-hybridized carbons (Fsp3) is 0.348. The molecule has 3 aromatic rings. The van der Waals surface area contributed by atoms with Crippen molar-refractivity contribution in [3.8, 4) is 0 Å². The van der Waals surface area contributed by atoms with Crippen LogP contribution in [0.15, 0.2) is 60.8 Å². The van der Waals surface area contributed by atoms with E-state index in [-0.39, 0.29) is 0 Å². The van der Waals surface area contributed by atoms with Crippen molar-refractivity contribution < 1.29 is 0 Å². The van der Waals surface area contributed by atoms with E-state index >= 15 is 0 Å². The summed E-state index contributed by atoms with van der Waals surface area (Å²) in [5, 5.41) is 4.71. The van der Waals surface area contributed by atoms with Crippen molar-refractivity contribution in [2.75, 3.05) is 31.1 Å². The molecule has 0 unspecified atom stereocenters. The first-order valence-corrected chi connectivity index (χ1v) is 10.8. The summed E-state index contributed by atoms with van der Waals surface area (Å²) in [5.41, 5.74) is 4.17. The molecule has 1 saturated heterocycles. The Labute approximate surface area is 171 Å². The van der Waals surface area contributed by atoms with Crippen molar-refractivity contribution >= 4 is 17.0 Å².